The SMILES string of the molecule is [2H]C([2H])([2H])OC(=O)NC(C(=O)OC)C(C)C. The molecule has 0 aromatic carbocycles. The molecule has 76 valence electrons. The quantitative estimate of drug-likeness (QED) is 0.663. The molecule has 0 aliphatic heterocycles. The van der Waals surface area contributed by atoms with Crippen LogP contribution in [-0.2, 0) is 14.3 Å². The lowest BCUT2D eigenvalue weighted by atomic mass is 10.1. The Morgan fingerprint density at radius 2 is 2.00 bits per heavy atom. The second-order valence-electron chi connectivity index (χ2n) is 2.78. The van der Waals surface area contributed by atoms with Crippen molar-refractivity contribution in [1.82, 2.24) is 5.32 Å². The van der Waals surface area contributed by atoms with Crippen LogP contribution >= 0.6 is 0 Å². The van der Waals surface area contributed by atoms with Crippen molar-refractivity contribution in [2.24, 2.45) is 5.92 Å². The third-order valence-corrected chi connectivity index (χ3v) is 1.49. The molecule has 1 N–H and O–H groups in total. The Morgan fingerprint density at radius 3 is 2.38 bits per heavy atom. The summed E-state index contributed by atoms with van der Waals surface area (Å²) in [7, 11) is -1.66. The number of hydrogen-bond donors (Lipinski definition) is 1. The van der Waals surface area contributed by atoms with Crippen LogP contribution in [0.1, 0.15) is 18.0 Å². The van der Waals surface area contributed by atoms with Crippen molar-refractivity contribution in [3.8, 4) is 0 Å². The van der Waals surface area contributed by atoms with Crippen molar-refractivity contribution in [2.75, 3.05) is 14.1 Å². The van der Waals surface area contributed by atoms with Crippen LogP contribution in [0.15, 0.2) is 0 Å². The molecule has 1 atom stereocenters. The van der Waals surface area contributed by atoms with Gasteiger partial charge in [0.2, 0.25) is 0 Å². The van der Waals surface area contributed by atoms with Gasteiger partial charge in [-0.25, -0.2) is 9.59 Å². The summed E-state index contributed by atoms with van der Waals surface area (Å²) in [4.78, 5) is 22.3. The van der Waals surface area contributed by atoms with Gasteiger partial charge in [0.05, 0.1) is 18.3 Å². The summed E-state index contributed by atoms with van der Waals surface area (Å²) in [5.74, 6) is -0.894. The molecule has 0 aromatic heterocycles. The summed E-state index contributed by atoms with van der Waals surface area (Å²) in [5, 5.41) is 2.13. The minimum Gasteiger partial charge on any atom is -0.467 e. The maximum atomic E-state index is 11.2. The minimum atomic E-state index is -2.83. The van der Waals surface area contributed by atoms with Crippen LogP contribution in [-0.4, -0.2) is 32.3 Å². The topological polar surface area (TPSA) is 64.6 Å². The number of esters is 1. The summed E-state index contributed by atoms with van der Waals surface area (Å²) < 4.78 is 28.6. The highest BCUT2D eigenvalue weighted by Crippen LogP contribution is 2.03. The molecule has 0 rings (SSSR count). The highest BCUT2D eigenvalue weighted by Gasteiger charge is 2.24. The van der Waals surface area contributed by atoms with E-state index in [2.05, 4.69) is 14.8 Å². The fraction of sp³-hybridized carbons (Fsp3) is 0.750. The van der Waals surface area contributed by atoms with E-state index < -0.39 is 25.1 Å². The van der Waals surface area contributed by atoms with Gasteiger partial charge in [-0.1, -0.05) is 13.8 Å². The molecule has 5 nitrogen and oxygen atoms in total. The molecule has 0 bridgehead atoms. The van der Waals surface area contributed by atoms with E-state index in [9.17, 15) is 9.59 Å². The number of hydrogen-bond acceptors (Lipinski definition) is 4. The lowest BCUT2D eigenvalue weighted by molar-refractivity contribution is -0.144. The third-order valence-electron chi connectivity index (χ3n) is 1.49. The Kier molecular flexibility index (Phi) is 2.98. The van der Waals surface area contributed by atoms with Gasteiger partial charge in [-0.2, -0.15) is 0 Å². The van der Waals surface area contributed by atoms with Gasteiger partial charge in [-0.3, -0.25) is 0 Å². The van der Waals surface area contributed by atoms with E-state index in [4.69, 9.17) is 4.11 Å². The number of carbonyl (C=O) groups is 2. The molecule has 0 saturated heterocycles. The number of rotatable bonds is 3. The zero-order chi connectivity index (χ0) is 12.9. The summed E-state index contributed by atoms with van der Waals surface area (Å²) >= 11 is 0. The number of alkyl carbamates (subject to hydrolysis) is 1. The first-order valence-corrected chi connectivity index (χ1v) is 3.74. The fourth-order valence-electron chi connectivity index (χ4n) is 0.781. The van der Waals surface area contributed by atoms with E-state index in [1.807, 2.05) is 0 Å². The first kappa shape index (κ1) is 7.17. The van der Waals surface area contributed by atoms with Crippen molar-refractivity contribution in [3.63, 3.8) is 0 Å². The largest absolute Gasteiger partial charge is 0.467 e. The molecule has 1 amide bonds. The number of amides is 1. The summed E-state index contributed by atoms with van der Waals surface area (Å²) in [6, 6.07) is -0.931. The second-order valence-corrected chi connectivity index (χ2v) is 2.78. The van der Waals surface area contributed by atoms with Gasteiger partial charge < -0.3 is 14.8 Å². The molecule has 0 spiro atoms. The van der Waals surface area contributed by atoms with Gasteiger partial charge in [0.25, 0.3) is 0 Å². The molecule has 0 fully saturated rings. The van der Waals surface area contributed by atoms with E-state index in [0.29, 0.717) is 0 Å². The predicted molar refractivity (Wildman–Crippen MR) is 46.2 cm³/mol. The summed E-state index contributed by atoms with van der Waals surface area (Å²) in [6.07, 6.45) is -1.18. The molecule has 0 radical (unpaired) electrons. The normalized spacial score (nSPS) is 16.5. The molecular weight excluding hydrogens is 174 g/mol. The van der Waals surface area contributed by atoms with Crippen molar-refractivity contribution < 1.29 is 23.2 Å². The molecule has 0 aliphatic carbocycles. The van der Waals surface area contributed by atoms with Crippen LogP contribution in [0.4, 0.5) is 4.79 Å². The molecule has 5 heteroatoms. The molecule has 1 unspecified atom stereocenters. The van der Waals surface area contributed by atoms with Gasteiger partial charge in [-0.15, -0.1) is 0 Å². The molecule has 13 heavy (non-hydrogen) atoms. The maximum absolute atomic E-state index is 11.2. The predicted octanol–water partition coefficient (Wildman–Crippen LogP) is 0.540. The van der Waals surface area contributed by atoms with E-state index in [1.54, 1.807) is 13.8 Å². The fourth-order valence-corrected chi connectivity index (χ4v) is 0.781. The van der Waals surface area contributed by atoms with Crippen molar-refractivity contribution in [1.29, 1.82) is 0 Å². The van der Waals surface area contributed by atoms with Crippen molar-refractivity contribution >= 4 is 12.1 Å². The van der Waals surface area contributed by atoms with Crippen LogP contribution in [0.5, 0.6) is 0 Å². The van der Waals surface area contributed by atoms with Gasteiger partial charge in [-0.05, 0) is 5.92 Å². The number of methoxy groups -OCH3 is 2. The number of carbonyl (C=O) groups excluding carboxylic acids is 2. The highest BCUT2D eigenvalue weighted by molar-refractivity contribution is 5.81. The second kappa shape index (κ2) is 5.40. The highest BCUT2D eigenvalue weighted by atomic mass is 16.5. The van der Waals surface area contributed by atoms with Crippen molar-refractivity contribution in [3.05, 3.63) is 0 Å². The third kappa shape index (κ3) is 3.78. The van der Waals surface area contributed by atoms with Crippen LogP contribution in [0.3, 0.4) is 0 Å². The van der Waals surface area contributed by atoms with E-state index in [1.165, 1.54) is 7.11 Å². The number of nitrogens with one attached hydrogen (secondary N) is 1. The minimum absolute atomic E-state index is 0.239. The van der Waals surface area contributed by atoms with Gasteiger partial charge in [0.1, 0.15) is 6.04 Å². The standard InChI is InChI=1S/C8H15NO4/c1-5(2)6(7(10)12-3)9-8(11)13-4/h5-6H,1-4H3,(H,9,11)/i4D3. The van der Waals surface area contributed by atoms with Crippen LogP contribution < -0.4 is 5.32 Å². The van der Waals surface area contributed by atoms with Gasteiger partial charge in [0.15, 0.2) is 0 Å². The molecule has 0 saturated carbocycles. The van der Waals surface area contributed by atoms with Gasteiger partial charge >= 0.3 is 12.1 Å². The lowest BCUT2D eigenvalue weighted by Gasteiger charge is -2.18. The molecule has 0 heterocycles. The van der Waals surface area contributed by atoms with Crippen LogP contribution in [0.25, 0.3) is 0 Å². The monoisotopic (exact) mass is 192 g/mol. The Hall–Kier alpha value is -1.26. The molecule has 0 aromatic rings. The Balaban J connectivity index is 4.42. The average Bonchev–Trinajstić information content (AvgIpc) is 2.09. The zero-order valence-corrected chi connectivity index (χ0v) is 7.79. The van der Waals surface area contributed by atoms with Gasteiger partial charge in [0, 0.05) is 0 Å². The van der Waals surface area contributed by atoms with E-state index in [-0.39, 0.29) is 5.92 Å². The lowest BCUT2D eigenvalue weighted by Crippen LogP contribution is -2.44. The molecule has 0 aliphatic rings. The smallest absolute Gasteiger partial charge is 0.407 e. The summed E-state index contributed by atoms with van der Waals surface area (Å²) in [6.45, 7) is 3.36. The first-order valence-electron chi connectivity index (χ1n) is 5.24. The number of ether oxygens (including phenoxy) is 2. The average molecular weight is 192 g/mol. The first-order chi connectivity index (χ1) is 7.17. The zero-order valence-electron chi connectivity index (χ0n) is 10.8. The summed E-state index contributed by atoms with van der Waals surface area (Å²) in [5.41, 5.74) is 0. The van der Waals surface area contributed by atoms with E-state index in [0.717, 1.165) is 0 Å². The van der Waals surface area contributed by atoms with Crippen molar-refractivity contribution in [2.45, 2.75) is 19.9 Å². The maximum Gasteiger partial charge on any atom is 0.407 e. The molecular formula is C8H15NO4. The van der Waals surface area contributed by atoms with Crippen LogP contribution in [0, 0.1) is 5.92 Å². The van der Waals surface area contributed by atoms with E-state index >= 15 is 0 Å². The Labute approximate surface area is 81.6 Å². The Morgan fingerprint density at radius 1 is 1.38 bits per heavy atom. The Bertz CT molecular complexity index is 264. The van der Waals surface area contributed by atoms with Crippen LogP contribution in [0.2, 0.25) is 0 Å².